The van der Waals surface area contributed by atoms with Gasteiger partial charge in [0.05, 0.1) is 4.90 Å². The molecule has 0 heterocycles. The topological polar surface area (TPSA) is 34.1 Å². The molecule has 0 fully saturated rings. The molecule has 0 N–H and O–H groups in total. The highest BCUT2D eigenvalue weighted by Crippen LogP contribution is 2.33. The number of Topliss-reactive ketones (excluding diaryl/α,β-unsaturated/α-hetero) is 1. The molecule has 1 aromatic rings. The van der Waals surface area contributed by atoms with Gasteiger partial charge >= 0.3 is 5.51 Å². The number of alkyl halides is 3. The summed E-state index contributed by atoms with van der Waals surface area (Å²) in [4.78, 5) is 11.0. The van der Waals surface area contributed by atoms with Crippen molar-refractivity contribution in [3.63, 3.8) is 0 Å². The molecule has 1 aliphatic carbocycles. The van der Waals surface area contributed by atoms with Gasteiger partial charge in [-0.3, -0.25) is 4.79 Å². The third-order valence-electron chi connectivity index (χ3n) is 2.45. The second-order valence-electron chi connectivity index (χ2n) is 3.42. The number of halogens is 3. The minimum absolute atomic E-state index is 0.184. The number of fused-ring (bicyclic) bond motifs is 1. The first-order valence-corrected chi connectivity index (χ1v) is 5.70. The van der Waals surface area contributed by atoms with Gasteiger partial charge in [0.2, 0.25) is 0 Å². The molecule has 1 aromatic carbocycles. The Labute approximate surface area is 91.9 Å². The van der Waals surface area contributed by atoms with Crippen LogP contribution in [0.4, 0.5) is 13.2 Å². The number of carbonyl (C=O) groups excluding carboxylic acids is 1. The van der Waals surface area contributed by atoms with Gasteiger partial charge in [0, 0.05) is 12.0 Å². The molecule has 1 atom stereocenters. The average Bonchev–Trinajstić information content (AvgIpc) is 2.58. The standard InChI is InChI=1S/C10H7F3O2S/c11-10(12,13)16(15)9-3-1-2-6-7(9)4-5-8(6)14/h1-3H,4-5H2. The van der Waals surface area contributed by atoms with Gasteiger partial charge in [-0.05, 0) is 18.1 Å². The lowest BCUT2D eigenvalue weighted by molar-refractivity contribution is -0.0385. The van der Waals surface area contributed by atoms with Crippen LogP contribution in [-0.4, -0.2) is 15.5 Å². The molecule has 0 saturated carbocycles. The van der Waals surface area contributed by atoms with Crippen LogP contribution in [0.3, 0.4) is 0 Å². The summed E-state index contributed by atoms with van der Waals surface area (Å²) >= 11 is 0. The fourth-order valence-corrected chi connectivity index (χ4v) is 2.64. The van der Waals surface area contributed by atoms with Gasteiger partial charge in [0.15, 0.2) is 16.6 Å². The zero-order valence-electron chi connectivity index (χ0n) is 8.00. The number of rotatable bonds is 1. The Balaban J connectivity index is 2.53. The Hall–Kier alpha value is -1.17. The van der Waals surface area contributed by atoms with Crippen LogP contribution in [0.5, 0.6) is 0 Å². The number of hydrogen-bond acceptors (Lipinski definition) is 2. The zero-order valence-corrected chi connectivity index (χ0v) is 8.82. The molecule has 0 saturated heterocycles. The molecule has 1 unspecified atom stereocenters. The van der Waals surface area contributed by atoms with Crippen LogP contribution in [0, 0.1) is 0 Å². The predicted molar refractivity (Wildman–Crippen MR) is 51.6 cm³/mol. The summed E-state index contributed by atoms with van der Waals surface area (Å²) in [6, 6.07) is 3.98. The molecule has 1 aliphatic rings. The van der Waals surface area contributed by atoms with Crippen LogP contribution in [0.1, 0.15) is 22.3 Å². The smallest absolute Gasteiger partial charge is 0.294 e. The van der Waals surface area contributed by atoms with Crippen LogP contribution in [0.2, 0.25) is 0 Å². The molecule has 6 heteroatoms. The van der Waals surface area contributed by atoms with E-state index in [1.807, 2.05) is 0 Å². The second-order valence-corrected chi connectivity index (χ2v) is 4.86. The molecule has 0 amide bonds. The van der Waals surface area contributed by atoms with Gasteiger partial charge in [0.1, 0.15) is 0 Å². The number of hydrogen-bond donors (Lipinski definition) is 0. The summed E-state index contributed by atoms with van der Waals surface area (Å²) < 4.78 is 48.2. The largest absolute Gasteiger partial charge is 0.475 e. The maximum absolute atomic E-state index is 12.3. The highest BCUT2D eigenvalue weighted by atomic mass is 32.2. The van der Waals surface area contributed by atoms with Gasteiger partial charge in [-0.25, -0.2) is 4.21 Å². The van der Waals surface area contributed by atoms with E-state index in [4.69, 9.17) is 0 Å². The molecule has 0 radical (unpaired) electrons. The van der Waals surface area contributed by atoms with E-state index >= 15 is 0 Å². The lowest BCUT2D eigenvalue weighted by Gasteiger charge is -2.09. The average molecular weight is 248 g/mol. The number of carbonyl (C=O) groups is 1. The van der Waals surface area contributed by atoms with Crippen molar-refractivity contribution in [1.82, 2.24) is 0 Å². The summed E-state index contributed by atoms with van der Waals surface area (Å²) in [6.45, 7) is 0. The van der Waals surface area contributed by atoms with Crippen molar-refractivity contribution in [3.05, 3.63) is 29.3 Å². The van der Waals surface area contributed by atoms with Crippen molar-refractivity contribution < 1.29 is 22.2 Å². The normalized spacial score (nSPS) is 17.3. The van der Waals surface area contributed by atoms with Crippen molar-refractivity contribution in [2.75, 3.05) is 0 Å². The van der Waals surface area contributed by atoms with E-state index in [-0.39, 0.29) is 34.6 Å². The van der Waals surface area contributed by atoms with Crippen molar-refractivity contribution in [3.8, 4) is 0 Å². The van der Waals surface area contributed by atoms with E-state index in [1.165, 1.54) is 18.2 Å². The third kappa shape index (κ3) is 1.77. The highest BCUT2D eigenvalue weighted by molar-refractivity contribution is 7.86. The quantitative estimate of drug-likeness (QED) is 0.765. The van der Waals surface area contributed by atoms with Crippen LogP contribution in [0.25, 0.3) is 0 Å². The van der Waals surface area contributed by atoms with Crippen molar-refractivity contribution >= 4 is 16.6 Å². The van der Waals surface area contributed by atoms with Crippen LogP contribution in [0.15, 0.2) is 23.1 Å². The van der Waals surface area contributed by atoms with E-state index in [2.05, 4.69) is 0 Å². The van der Waals surface area contributed by atoms with E-state index in [0.717, 1.165) is 0 Å². The molecular weight excluding hydrogens is 241 g/mol. The molecule has 86 valence electrons. The van der Waals surface area contributed by atoms with Crippen molar-refractivity contribution in [2.45, 2.75) is 23.2 Å². The summed E-state index contributed by atoms with van der Waals surface area (Å²) in [5.74, 6) is -0.184. The fourth-order valence-electron chi connectivity index (χ4n) is 1.76. The van der Waals surface area contributed by atoms with E-state index in [9.17, 15) is 22.2 Å². The summed E-state index contributed by atoms with van der Waals surface area (Å²) in [6.07, 6.45) is 0.438. The van der Waals surface area contributed by atoms with E-state index in [0.29, 0.717) is 0 Å². The molecule has 0 aliphatic heterocycles. The van der Waals surface area contributed by atoms with Crippen LogP contribution < -0.4 is 0 Å². The summed E-state index contributed by atoms with van der Waals surface area (Å²) in [5, 5.41) is 0. The van der Waals surface area contributed by atoms with Crippen molar-refractivity contribution in [2.24, 2.45) is 0 Å². The maximum Gasteiger partial charge on any atom is 0.475 e. The van der Waals surface area contributed by atoms with E-state index < -0.39 is 16.3 Å². The summed E-state index contributed by atoms with van der Waals surface area (Å²) in [5.41, 5.74) is -4.22. The Kier molecular flexibility index (Phi) is 2.61. The molecule has 0 bridgehead atoms. The first-order valence-electron chi connectivity index (χ1n) is 4.55. The zero-order chi connectivity index (χ0) is 11.9. The molecule has 2 rings (SSSR count). The number of ketones is 1. The first kappa shape index (κ1) is 11.3. The van der Waals surface area contributed by atoms with Gasteiger partial charge in [-0.2, -0.15) is 13.2 Å². The van der Waals surface area contributed by atoms with Crippen LogP contribution in [-0.2, 0) is 17.2 Å². The Bertz CT molecular complexity index is 479. The minimum Gasteiger partial charge on any atom is -0.294 e. The SMILES string of the molecule is O=C1CCc2c1cccc2S(=O)C(F)(F)F. The van der Waals surface area contributed by atoms with Gasteiger partial charge < -0.3 is 0 Å². The fraction of sp³-hybridized carbons (Fsp3) is 0.300. The molecule has 0 aromatic heterocycles. The third-order valence-corrected chi connectivity index (χ3v) is 3.65. The monoisotopic (exact) mass is 248 g/mol. The highest BCUT2D eigenvalue weighted by Gasteiger charge is 2.40. The Morgan fingerprint density at radius 1 is 1.19 bits per heavy atom. The lowest BCUT2D eigenvalue weighted by atomic mass is 10.1. The molecule has 2 nitrogen and oxygen atoms in total. The maximum atomic E-state index is 12.3. The van der Waals surface area contributed by atoms with Gasteiger partial charge in [0.25, 0.3) is 0 Å². The van der Waals surface area contributed by atoms with E-state index in [1.54, 1.807) is 0 Å². The first-order chi connectivity index (χ1) is 7.41. The van der Waals surface area contributed by atoms with Gasteiger partial charge in [-0.1, -0.05) is 12.1 Å². The minimum atomic E-state index is -4.78. The predicted octanol–water partition coefficient (Wildman–Crippen LogP) is 2.44. The molecule has 0 spiro atoms. The van der Waals surface area contributed by atoms with Gasteiger partial charge in [-0.15, -0.1) is 0 Å². The van der Waals surface area contributed by atoms with Crippen LogP contribution >= 0.6 is 0 Å². The lowest BCUT2D eigenvalue weighted by Crippen LogP contribution is -2.17. The molecule has 16 heavy (non-hydrogen) atoms. The summed E-state index contributed by atoms with van der Waals surface area (Å²) in [7, 11) is -3.05. The number of benzene rings is 1. The second kappa shape index (κ2) is 3.69. The Morgan fingerprint density at radius 2 is 1.88 bits per heavy atom. The Morgan fingerprint density at radius 3 is 2.50 bits per heavy atom. The molecular formula is C10H7F3O2S. The van der Waals surface area contributed by atoms with Crippen molar-refractivity contribution in [1.29, 1.82) is 0 Å².